The standard InChI is InChI=1S/C9H14N2S2/c1-12-9-11-6-8(13-9)7-3-2-4-10-5-7/h6-7,10H,2-5H2,1H3. The van der Waals surface area contributed by atoms with E-state index in [1.54, 1.807) is 11.8 Å². The molecule has 72 valence electrons. The van der Waals surface area contributed by atoms with Gasteiger partial charge in [0.2, 0.25) is 0 Å². The van der Waals surface area contributed by atoms with Crippen molar-refractivity contribution in [1.29, 1.82) is 0 Å². The van der Waals surface area contributed by atoms with Gasteiger partial charge in [-0.25, -0.2) is 4.98 Å². The van der Waals surface area contributed by atoms with Crippen LogP contribution in [0.4, 0.5) is 0 Å². The normalized spacial score (nSPS) is 23.3. The summed E-state index contributed by atoms with van der Waals surface area (Å²) in [6.07, 6.45) is 6.76. The Morgan fingerprint density at radius 1 is 1.69 bits per heavy atom. The van der Waals surface area contributed by atoms with Crippen LogP contribution in [0.3, 0.4) is 0 Å². The molecule has 0 saturated carbocycles. The maximum absolute atomic E-state index is 4.36. The zero-order valence-corrected chi connectivity index (χ0v) is 9.38. The van der Waals surface area contributed by atoms with Crippen LogP contribution >= 0.6 is 23.1 Å². The average Bonchev–Trinajstić information content (AvgIpc) is 2.67. The van der Waals surface area contributed by atoms with Gasteiger partial charge in [0, 0.05) is 23.5 Å². The Morgan fingerprint density at radius 2 is 2.62 bits per heavy atom. The molecule has 4 heteroatoms. The van der Waals surface area contributed by atoms with Gasteiger partial charge in [0.05, 0.1) is 0 Å². The number of thiazole rings is 1. The summed E-state index contributed by atoms with van der Waals surface area (Å²) in [5.74, 6) is 0.715. The predicted molar refractivity (Wildman–Crippen MR) is 58.7 cm³/mol. The van der Waals surface area contributed by atoms with E-state index in [-0.39, 0.29) is 0 Å². The van der Waals surface area contributed by atoms with Crippen molar-refractivity contribution < 1.29 is 0 Å². The smallest absolute Gasteiger partial charge is 0.149 e. The molecule has 1 aliphatic rings. The lowest BCUT2D eigenvalue weighted by atomic mass is 9.99. The molecule has 0 aromatic carbocycles. The van der Waals surface area contributed by atoms with Crippen molar-refractivity contribution >= 4 is 23.1 Å². The zero-order chi connectivity index (χ0) is 9.10. The molecule has 2 heterocycles. The van der Waals surface area contributed by atoms with Crippen LogP contribution in [0.15, 0.2) is 10.5 Å². The van der Waals surface area contributed by atoms with Crippen LogP contribution in [0.25, 0.3) is 0 Å². The van der Waals surface area contributed by atoms with E-state index >= 15 is 0 Å². The minimum Gasteiger partial charge on any atom is -0.316 e. The molecule has 1 N–H and O–H groups in total. The van der Waals surface area contributed by atoms with Gasteiger partial charge in [-0.2, -0.15) is 0 Å². The van der Waals surface area contributed by atoms with Crippen molar-refractivity contribution in [3.63, 3.8) is 0 Å². The summed E-state index contributed by atoms with van der Waals surface area (Å²) < 4.78 is 1.19. The number of aromatic nitrogens is 1. The van der Waals surface area contributed by atoms with Gasteiger partial charge in [-0.3, -0.25) is 0 Å². The number of nitrogens with zero attached hydrogens (tertiary/aromatic N) is 1. The number of nitrogens with one attached hydrogen (secondary N) is 1. The molecule has 0 bridgehead atoms. The first-order valence-electron chi connectivity index (χ1n) is 4.60. The fourth-order valence-electron chi connectivity index (χ4n) is 1.65. The van der Waals surface area contributed by atoms with Gasteiger partial charge in [0.25, 0.3) is 0 Å². The summed E-state index contributed by atoms with van der Waals surface area (Å²) >= 11 is 3.59. The maximum atomic E-state index is 4.36. The monoisotopic (exact) mass is 214 g/mol. The highest BCUT2D eigenvalue weighted by atomic mass is 32.2. The van der Waals surface area contributed by atoms with E-state index in [9.17, 15) is 0 Å². The Morgan fingerprint density at radius 3 is 3.23 bits per heavy atom. The number of piperidine rings is 1. The van der Waals surface area contributed by atoms with Crippen molar-refractivity contribution in [2.45, 2.75) is 23.1 Å². The minimum atomic E-state index is 0.715. The van der Waals surface area contributed by atoms with Gasteiger partial charge in [-0.15, -0.1) is 11.3 Å². The van der Waals surface area contributed by atoms with E-state index in [4.69, 9.17) is 0 Å². The molecule has 13 heavy (non-hydrogen) atoms. The summed E-state index contributed by atoms with van der Waals surface area (Å²) in [5, 5.41) is 3.43. The number of hydrogen-bond acceptors (Lipinski definition) is 4. The first-order valence-corrected chi connectivity index (χ1v) is 6.64. The lowest BCUT2D eigenvalue weighted by Crippen LogP contribution is -2.27. The highest BCUT2D eigenvalue weighted by Crippen LogP contribution is 2.31. The molecular weight excluding hydrogens is 200 g/mol. The SMILES string of the molecule is CSc1ncc(C2CCCNC2)s1. The third-order valence-electron chi connectivity index (χ3n) is 2.38. The second kappa shape index (κ2) is 4.44. The minimum absolute atomic E-state index is 0.715. The van der Waals surface area contributed by atoms with Crippen LogP contribution in [-0.4, -0.2) is 24.3 Å². The fraction of sp³-hybridized carbons (Fsp3) is 0.667. The van der Waals surface area contributed by atoms with Crippen molar-refractivity contribution in [3.8, 4) is 0 Å². The van der Waals surface area contributed by atoms with E-state index in [2.05, 4.69) is 16.6 Å². The summed E-state index contributed by atoms with van der Waals surface area (Å²) in [6, 6.07) is 0. The molecule has 1 aliphatic heterocycles. The quantitative estimate of drug-likeness (QED) is 0.765. The number of hydrogen-bond donors (Lipinski definition) is 1. The Balaban J connectivity index is 2.05. The third kappa shape index (κ3) is 2.24. The van der Waals surface area contributed by atoms with E-state index in [1.807, 2.05) is 17.5 Å². The van der Waals surface area contributed by atoms with Crippen molar-refractivity contribution in [3.05, 3.63) is 11.1 Å². The maximum Gasteiger partial charge on any atom is 0.149 e. The molecule has 1 saturated heterocycles. The fourth-order valence-corrected chi connectivity index (χ4v) is 3.21. The molecule has 0 spiro atoms. The van der Waals surface area contributed by atoms with E-state index in [0.717, 1.165) is 6.54 Å². The van der Waals surface area contributed by atoms with Crippen LogP contribution < -0.4 is 5.32 Å². The van der Waals surface area contributed by atoms with Gasteiger partial charge < -0.3 is 5.32 Å². The summed E-state index contributed by atoms with van der Waals surface area (Å²) in [4.78, 5) is 5.82. The van der Waals surface area contributed by atoms with E-state index in [0.29, 0.717) is 5.92 Å². The molecule has 1 fully saturated rings. The third-order valence-corrected chi connectivity index (χ3v) is 4.54. The highest BCUT2D eigenvalue weighted by Gasteiger charge is 2.17. The summed E-state index contributed by atoms with van der Waals surface area (Å²) in [6.45, 7) is 2.32. The van der Waals surface area contributed by atoms with Crippen molar-refractivity contribution in [2.75, 3.05) is 19.3 Å². The molecule has 1 aromatic heterocycles. The largest absolute Gasteiger partial charge is 0.316 e. The molecule has 0 aliphatic carbocycles. The molecule has 0 radical (unpaired) electrons. The van der Waals surface area contributed by atoms with E-state index < -0.39 is 0 Å². The Bertz CT molecular complexity index is 266. The van der Waals surface area contributed by atoms with Gasteiger partial charge in [-0.1, -0.05) is 11.8 Å². The average molecular weight is 214 g/mol. The Hall–Kier alpha value is -0.0600. The molecule has 1 atom stereocenters. The van der Waals surface area contributed by atoms with Crippen molar-refractivity contribution in [2.24, 2.45) is 0 Å². The second-order valence-corrected chi connectivity index (χ2v) is 5.39. The number of rotatable bonds is 2. The summed E-state index contributed by atoms with van der Waals surface area (Å²) in [7, 11) is 0. The first-order chi connectivity index (χ1) is 6.40. The van der Waals surface area contributed by atoms with Crippen LogP contribution in [0.2, 0.25) is 0 Å². The van der Waals surface area contributed by atoms with Crippen LogP contribution in [0.1, 0.15) is 23.6 Å². The first kappa shape index (κ1) is 9.49. The van der Waals surface area contributed by atoms with Crippen LogP contribution in [-0.2, 0) is 0 Å². The predicted octanol–water partition coefficient (Wildman–Crippen LogP) is 2.33. The van der Waals surface area contributed by atoms with Gasteiger partial charge in [-0.05, 0) is 25.6 Å². The topological polar surface area (TPSA) is 24.9 Å². The van der Waals surface area contributed by atoms with Crippen LogP contribution in [0.5, 0.6) is 0 Å². The van der Waals surface area contributed by atoms with Gasteiger partial charge >= 0.3 is 0 Å². The van der Waals surface area contributed by atoms with Gasteiger partial charge in [0.1, 0.15) is 4.34 Å². The number of thioether (sulfide) groups is 1. The molecule has 1 aromatic rings. The molecule has 2 nitrogen and oxygen atoms in total. The molecule has 0 amide bonds. The second-order valence-electron chi connectivity index (χ2n) is 3.28. The summed E-state index contributed by atoms with van der Waals surface area (Å²) in [5.41, 5.74) is 0. The molecule has 2 rings (SSSR count). The lowest BCUT2D eigenvalue weighted by molar-refractivity contribution is 0.466. The van der Waals surface area contributed by atoms with Gasteiger partial charge in [0.15, 0.2) is 0 Å². The molecule has 1 unspecified atom stereocenters. The Labute approximate surface area is 87.1 Å². The zero-order valence-electron chi connectivity index (χ0n) is 7.75. The van der Waals surface area contributed by atoms with Crippen LogP contribution in [0, 0.1) is 0 Å². The van der Waals surface area contributed by atoms with Crippen molar-refractivity contribution in [1.82, 2.24) is 10.3 Å². The lowest BCUT2D eigenvalue weighted by Gasteiger charge is -2.20. The van der Waals surface area contributed by atoms with E-state index in [1.165, 1.54) is 28.6 Å². The molecular formula is C9H14N2S2. The Kier molecular flexibility index (Phi) is 3.24. The highest BCUT2D eigenvalue weighted by molar-refractivity contribution is 8.00.